The molecule has 3 rings (SSSR count). The van der Waals surface area contributed by atoms with Crippen molar-refractivity contribution in [3.05, 3.63) is 48.4 Å². The van der Waals surface area contributed by atoms with Crippen LogP contribution in [0.3, 0.4) is 0 Å². The number of alkyl halides is 1. The molecule has 6 heteroatoms. The number of hydrogen-bond donors (Lipinski definition) is 1. The van der Waals surface area contributed by atoms with Gasteiger partial charge in [0.05, 0.1) is 11.6 Å². The number of fused-ring (bicyclic) bond motifs is 1. The van der Waals surface area contributed by atoms with Crippen LogP contribution in [0.5, 0.6) is 0 Å². The highest BCUT2D eigenvalue weighted by Gasteiger charge is 2.13. The molecule has 21 heavy (non-hydrogen) atoms. The largest absolute Gasteiger partial charge is 0.365 e. The summed E-state index contributed by atoms with van der Waals surface area (Å²) >= 11 is 6.10. The Hall–Kier alpha value is -2.14. The third-order valence-electron chi connectivity index (χ3n) is 3.38. The zero-order valence-electron chi connectivity index (χ0n) is 11.7. The molecule has 1 atom stereocenters. The number of hydrogen-bond acceptors (Lipinski definition) is 4. The molecule has 0 saturated heterocycles. The Balaban J connectivity index is 1.82. The third kappa shape index (κ3) is 2.97. The van der Waals surface area contributed by atoms with Crippen molar-refractivity contribution in [2.75, 3.05) is 11.2 Å². The molecule has 2 heterocycles. The van der Waals surface area contributed by atoms with Crippen molar-refractivity contribution in [1.82, 2.24) is 19.7 Å². The fourth-order valence-electron chi connectivity index (χ4n) is 2.31. The van der Waals surface area contributed by atoms with E-state index in [1.54, 1.807) is 17.2 Å². The van der Waals surface area contributed by atoms with E-state index >= 15 is 0 Å². The summed E-state index contributed by atoms with van der Waals surface area (Å²) in [7, 11) is 1.86. The van der Waals surface area contributed by atoms with Gasteiger partial charge in [0.2, 0.25) is 0 Å². The number of halogens is 1. The predicted octanol–water partition coefficient (Wildman–Crippen LogP) is 2.63. The molecule has 0 spiro atoms. The SMILES string of the molecule is Cn1ncc2c(NC(CCl)Cc3ccccc3)ncnc21. The van der Waals surface area contributed by atoms with Crippen LogP contribution in [0.4, 0.5) is 5.82 Å². The standard InChI is InChI=1S/C15H16ClN5/c1-21-15-13(9-19-21)14(17-10-18-15)20-12(8-16)7-11-5-3-2-4-6-11/h2-6,9-10,12H,7-8H2,1H3,(H,17,18,20). The van der Waals surface area contributed by atoms with E-state index in [1.807, 2.05) is 25.2 Å². The molecule has 5 nitrogen and oxygen atoms in total. The van der Waals surface area contributed by atoms with E-state index in [0.717, 1.165) is 23.3 Å². The Morgan fingerprint density at radius 3 is 2.81 bits per heavy atom. The van der Waals surface area contributed by atoms with E-state index in [2.05, 4.69) is 32.5 Å². The summed E-state index contributed by atoms with van der Waals surface area (Å²) in [6, 6.07) is 10.4. The highest BCUT2D eigenvalue weighted by Crippen LogP contribution is 2.19. The maximum absolute atomic E-state index is 6.10. The first-order valence-corrected chi connectivity index (χ1v) is 7.30. The van der Waals surface area contributed by atoms with E-state index in [4.69, 9.17) is 11.6 Å². The Bertz CT molecular complexity index is 725. The molecule has 0 aliphatic rings. The van der Waals surface area contributed by atoms with Gasteiger partial charge in [-0.25, -0.2) is 9.97 Å². The molecule has 0 bridgehead atoms. The van der Waals surface area contributed by atoms with Crippen LogP contribution in [0.2, 0.25) is 0 Å². The lowest BCUT2D eigenvalue weighted by Gasteiger charge is -2.17. The summed E-state index contributed by atoms with van der Waals surface area (Å²) in [6.07, 6.45) is 4.15. The second-order valence-corrected chi connectivity index (χ2v) is 5.22. The molecule has 0 amide bonds. The molecular weight excluding hydrogens is 286 g/mol. The second-order valence-electron chi connectivity index (χ2n) is 4.91. The summed E-state index contributed by atoms with van der Waals surface area (Å²) in [5, 5.41) is 8.52. The van der Waals surface area contributed by atoms with Crippen molar-refractivity contribution in [2.24, 2.45) is 7.05 Å². The topological polar surface area (TPSA) is 55.6 Å². The number of nitrogens with zero attached hydrogens (tertiary/aromatic N) is 4. The molecule has 1 aromatic carbocycles. The summed E-state index contributed by atoms with van der Waals surface area (Å²) in [6.45, 7) is 0. The zero-order chi connectivity index (χ0) is 14.7. The van der Waals surface area contributed by atoms with Gasteiger partial charge in [0, 0.05) is 19.0 Å². The van der Waals surface area contributed by atoms with Gasteiger partial charge in [-0.3, -0.25) is 4.68 Å². The van der Waals surface area contributed by atoms with Crippen LogP contribution in [0.1, 0.15) is 5.56 Å². The van der Waals surface area contributed by atoms with Gasteiger partial charge in [-0.15, -0.1) is 11.6 Å². The van der Waals surface area contributed by atoms with Crippen molar-refractivity contribution in [2.45, 2.75) is 12.5 Å². The van der Waals surface area contributed by atoms with Crippen molar-refractivity contribution < 1.29 is 0 Å². The van der Waals surface area contributed by atoms with Gasteiger partial charge in [0.25, 0.3) is 0 Å². The maximum atomic E-state index is 6.10. The highest BCUT2D eigenvalue weighted by atomic mass is 35.5. The third-order valence-corrected chi connectivity index (χ3v) is 3.75. The Kier molecular flexibility index (Phi) is 4.01. The van der Waals surface area contributed by atoms with Gasteiger partial charge in [0.1, 0.15) is 12.1 Å². The fourth-order valence-corrected chi connectivity index (χ4v) is 2.50. The van der Waals surface area contributed by atoms with E-state index in [-0.39, 0.29) is 6.04 Å². The number of anilines is 1. The maximum Gasteiger partial charge on any atom is 0.163 e. The second kappa shape index (κ2) is 6.10. The first kappa shape index (κ1) is 13.8. The fraction of sp³-hybridized carbons (Fsp3) is 0.267. The zero-order valence-corrected chi connectivity index (χ0v) is 12.5. The number of rotatable bonds is 5. The normalized spacial score (nSPS) is 12.5. The molecule has 0 aliphatic carbocycles. The van der Waals surface area contributed by atoms with E-state index in [9.17, 15) is 0 Å². The monoisotopic (exact) mass is 301 g/mol. The highest BCUT2D eigenvalue weighted by molar-refractivity contribution is 6.18. The summed E-state index contributed by atoms with van der Waals surface area (Å²) in [4.78, 5) is 8.55. The Morgan fingerprint density at radius 2 is 2.05 bits per heavy atom. The van der Waals surface area contributed by atoms with Gasteiger partial charge < -0.3 is 5.32 Å². The lowest BCUT2D eigenvalue weighted by molar-refractivity contribution is 0.783. The Labute approximate surface area is 128 Å². The van der Waals surface area contributed by atoms with Crippen molar-refractivity contribution >= 4 is 28.5 Å². The molecule has 0 saturated carbocycles. The first-order chi connectivity index (χ1) is 10.3. The minimum absolute atomic E-state index is 0.104. The van der Waals surface area contributed by atoms with Crippen LogP contribution in [0, 0.1) is 0 Å². The molecule has 1 N–H and O–H groups in total. The summed E-state index contributed by atoms with van der Waals surface area (Å²) in [5.41, 5.74) is 2.05. The lowest BCUT2D eigenvalue weighted by atomic mass is 10.1. The van der Waals surface area contributed by atoms with E-state index in [0.29, 0.717) is 5.88 Å². The minimum Gasteiger partial charge on any atom is -0.365 e. The van der Waals surface area contributed by atoms with E-state index < -0.39 is 0 Å². The van der Waals surface area contributed by atoms with Crippen molar-refractivity contribution in [1.29, 1.82) is 0 Å². The summed E-state index contributed by atoms with van der Waals surface area (Å²) < 4.78 is 1.73. The van der Waals surface area contributed by atoms with E-state index in [1.165, 1.54) is 5.56 Å². The van der Waals surface area contributed by atoms with Crippen LogP contribution in [0.15, 0.2) is 42.9 Å². The van der Waals surface area contributed by atoms with Gasteiger partial charge in [-0.2, -0.15) is 5.10 Å². The quantitative estimate of drug-likeness (QED) is 0.736. The van der Waals surface area contributed by atoms with Crippen LogP contribution >= 0.6 is 11.6 Å². The lowest BCUT2D eigenvalue weighted by Crippen LogP contribution is -2.24. The van der Waals surface area contributed by atoms with Crippen LogP contribution in [0.25, 0.3) is 11.0 Å². The number of benzene rings is 1. The molecule has 3 aromatic rings. The van der Waals surface area contributed by atoms with Gasteiger partial charge in [-0.1, -0.05) is 30.3 Å². The average molecular weight is 302 g/mol. The number of aromatic nitrogens is 4. The number of aryl methyl sites for hydroxylation is 1. The van der Waals surface area contributed by atoms with Crippen LogP contribution in [-0.2, 0) is 13.5 Å². The summed E-state index contributed by atoms with van der Waals surface area (Å²) in [5.74, 6) is 1.27. The predicted molar refractivity (Wildman–Crippen MR) is 84.6 cm³/mol. The number of nitrogens with one attached hydrogen (secondary N) is 1. The van der Waals surface area contributed by atoms with Gasteiger partial charge in [0.15, 0.2) is 5.65 Å². The molecule has 2 aromatic heterocycles. The van der Waals surface area contributed by atoms with Crippen LogP contribution < -0.4 is 5.32 Å². The first-order valence-electron chi connectivity index (χ1n) is 6.77. The Morgan fingerprint density at radius 1 is 1.24 bits per heavy atom. The molecule has 0 fully saturated rings. The van der Waals surface area contributed by atoms with Crippen molar-refractivity contribution in [3.8, 4) is 0 Å². The molecule has 1 unspecified atom stereocenters. The van der Waals surface area contributed by atoms with Crippen molar-refractivity contribution in [3.63, 3.8) is 0 Å². The molecular formula is C15H16ClN5. The minimum atomic E-state index is 0.104. The molecule has 108 valence electrons. The van der Waals surface area contributed by atoms with Crippen LogP contribution in [-0.4, -0.2) is 31.7 Å². The smallest absolute Gasteiger partial charge is 0.163 e. The molecule has 0 radical (unpaired) electrons. The molecule has 0 aliphatic heterocycles. The van der Waals surface area contributed by atoms with Gasteiger partial charge >= 0.3 is 0 Å². The average Bonchev–Trinajstić information content (AvgIpc) is 2.90. The van der Waals surface area contributed by atoms with Gasteiger partial charge in [-0.05, 0) is 12.0 Å².